The molecule has 0 N–H and O–H groups in total. The van der Waals surface area contributed by atoms with E-state index in [2.05, 4.69) is 11.0 Å². The highest BCUT2D eigenvalue weighted by Gasteiger charge is 2.15. The Balaban J connectivity index is 2.23. The predicted octanol–water partition coefficient (Wildman–Crippen LogP) is 3.46. The summed E-state index contributed by atoms with van der Waals surface area (Å²) in [6, 6.07) is 8.60. The van der Waals surface area contributed by atoms with Gasteiger partial charge in [0.2, 0.25) is 4.80 Å². The molecule has 0 radical (unpaired) electrons. The quantitative estimate of drug-likeness (QED) is 0.664. The van der Waals surface area contributed by atoms with Crippen molar-refractivity contribution in [3.63, 3.8) is 0 Å². The summed E-state index contributed by atoms with van der Waals surface area (Å²) in [5.41, 5.74) is 0.661. The highest BCUT2D eigenvalue weighted by atomic mass is 32.2. The lowest BCUT2D eigenvalue weighted by atomic mass is 10.3. The van der Waals surface area contributed by atoms with Crippen LogP contribution in [0.2, 0.25) is 0 Å². The monoisotopic (exact) mass is 366 g/mol. The second-order valence-corrected chi connectivity index (χ2v) is 7.53. The van der Waals surface area contributed by atoms with Crippen LogP contribution >= 0.6 is 11.3 Å². The maximum Gasteiger partial charge on any atom is 0.285 e. The molecule has 0 bridgehead atoms. The van der Waals surface area contributed by atoms with Crippen molar-refractivity contribution in [2.24, 2.45) is 4.40 Å². The molecule has 24 heavy (non-hydrogen) atoms. The van der Waals surface area contributed by atoms with E-state index in [1.54, 1.807) is 16.7 Å². The number of fused-ring (bicyclic) bond motifs is 1. The van der Waals surface area contributed by atoms with Gasteiger partial charge >= 0.3 is 0 Å². The van der Waals surface area contributed by atoms with Crippen LogP contribution in [0, 0.1) is 11.6 Å². The smallest absolute Gasteiger partial charge is 0.285 e. The Bertz CT molecular complexity index is 1080. The molecule has 0 amide bonds. The van der Waals surface area contributed by atoms with E-state index in [4.69, 9.17) is 0 Å². The zero-order valence-electron chi connectivity index (χ0n) is 12.3. The summed E-state index contributed by atoms with van der Waals surface area (Å²) in [7, 11) is -4.01. The van der Waals surface area contributed by atoms with Crippen LogP contribution in [0.4, 0.5) is 8.78 Å². The molecule has 124 valence electrons. The van der Waals surface area contributed by atoms with Crippen LogP contribution in [-0.4, -0.2) is 13.0 Å². The normalized spacial score (nSPS) is 12.7. The standard InChI is InChI=1S/C16H12F2N2O2S2/c1-2-9-20-14-8-5-12(18)10-15(14)23-16(20)19-24(21,22)13-6-3-11(17)4-7-13/h2-8,10H,1,9H2. The number of hydrogen-bond acceptors (Lipinski definition) is 3. The molecule has 1 heterocycles. The Labute approximate surface area is 141 Å². The molecule has 8 heteroatoms. The molecule has 0 aliphatic carbocycles. The van der Waals surface area contributed by atoms with Crippen molar-refractivity contribution >= 4 is 31.6 Å². The summed E-state index contributed by atoms with van der Waals surface area (Å²) in [5, 5.41) is 0. The van der Waals surface area contributed by atoms with E-state index in [0.29, 0.717) is 16.8 Å². The summed E-state index contributed by atoms with van der Waals surface area (Å²) in [5.74, 6) is -0.949. The van der Waals surface area contributed by atoms with Crippen LogP contribution in [0.25, 0.3) is 10.2 Å². The molecule has 0 spiro atoms. The summed E-state index contributed by atoms with van der Waals surface area (Å²) in [4.78, 5) is 0.0810. The summed E-state index contributed by atoms with van der Waals surface area (Å²) >= 11 is 1.06. The number of sulfonamides is 1. The molecule has 0 unspecified atom stereocenters. The number of rotatable bonds is 4. The Hall–Kier alpha value is -2.32. The molecule has 1 aromatic heterocycles. The zero-order chi connectivity index (χ0) is 17.3. The predicted molar refractivity (Wildman–Crippen MR) is 89.1 cm³/mol. The third-order valence-electron chi connectivity index (χ3n) is 3.27. The molecule has 3 rings (SSSR count). The molecule has 0 saturated heterocycles. The zero-order valence-corrected chi connectivity index (χ0v) is 13.9. The maximum atomic E-state index is 13.4. The average molecular weight is 366 g/mol. The number of hydrogen-bond donors (Lipinski definition) is 0. The van der Waals surface area contributed by atoms with Gasteiger partial charge in [0.25, 0.3) is 10.0 Å². The van der Waals surface area contributed by atoms with E-state index in [1.807, 2.05) is 0 Å². The van der Waals surface area contributed by atoms with Crippen LogP contribution in [0.15, 0.2) is 64.4 Å². The topological polar surface area (TPSA) is 51.4 Å². The number of thiazole rings is 1. The van der Waals surface area contributed by atoms with Crippen molar-refractivity contribution in [2.75, 3.05) is 0 Å². The van der Waals surface area contributed by atoms with Gasteiger partial charge in [-0.05, 0) is 42.5 Å². The van der Waals surface area contributed by atoms with Gasteiger partial charge in [-0.25, -0.2) is 8.78 Å². The van der Waals surface area contributed by atoms with Crippen molar-refractivity contribution in [3.05, 3.63) is 71.6 Å². The van der Waals surface area contributed by atoms with Gasteiger partial charge < -0.3 is 4.57 Å². The largest absolute Gasteiger partial charge is 0.312 e. The minimum absolute atomic E-state index is 0.113. The molecule has 0 aliphatic rings. The Morgan fingerprint density at radius 3 is 2.46 bits per heavy atom. The minimum Gasteiger partial charge on any atom is -0.312 e. The van der Waals surface area contributed by atoms with Crippen LogP contribution in [0.3, 0.4) is 0 Å². The van der Waals surface area contributed by atoms with Gasteiger partial charge in [-0.3, -0.25) is 0 Å². The minimum atomic E-state index is -4.01. The first-order valence-corrected chi connectivity index (χ1v) is 9.13. The van der Waals surface area contributed by atoms with E-state index in [0.717, 1.165) is 35.6 Å². The van der Waals surface area contributed by atoms with E-state index >= 15 is 0 Å². The van der Waals surface area contributed by atoms with Gasteiger partial charge in [0, 0.05) is 6.54 Å². The number of halogens is 2. The second-order valence-electron chi connectivity index (χ2n) is 4.92. The lowest BCUT2D eigenvalue weighted by Crippen LogP contribution is -2.16. The first-order chi connectivity index (χ1) is 11.4. The van der Waals surface area contributed by atoms with E-state index in [1.165, 1.54) is 12.1 Å². The lowest BCUT2D eigenvalue weighted by molar-refractivity contribution is 0.594. The lowest BCUT2D eigenvalue weighted by Gasteiger charge is -2.01. The van der Waals surface area contributed by atoms with Crippen molar-refractivity contribution in [1.82, 2.24) is 4.57 Å². The van der Waals surface area contributed by atoms with Crippen LogP contribution in [-0.2, 0) is 16.6 Å². The molecule has 0 atom stereocenters. The van der Waals surface area contributed by atoms with Gasteiger partial charge in [-0.15, -0.1) is 11.0 Å². The third kappa shape index (κ3) is 3.15. The molecule has 0 aliphatic heterocycles. The molecule has 2 aromatic carbocycles. The molecule has 0 fully saturated rings. The van der Waals surface area contributed by atoms with Crippen LogP contribution in [0.5, 0.6) is 0 Å². The SMILES string of the molecule is C=CCn1c(=NS(=O)(=O)c2ccc(F)cc2)sc2cc(F)ccc21. The molecule has 0 saturated carbocycles. The number of nitrogens with zero attached hydrogens (tertiary/aromatic N) is 2. The van der Waals surface area contributed by atoms with Crippen LogP contribution < -0.4 is 4.80 Å². The molecule has 4 nitrogen and oxygen atoms in total. The fraction of sp³-hybridized carbons (Fsp3) is 0.0625. The summed E-state index contributed by atoms with van der Waals surface area (Å²) in [6.07, 6.45) is 1.60. The summed E-state index contributed by atoms with van der Waals surface area (Å²) in [6.45, 7) is 3.97. The summed E-state index contributed by atoms with van der Waals surface area (Å²) < 4.78 is 57.2. The second kappa shape index (κ2) is 6.29. The number of allylic oxidation sites excluding steroid dienone is 1. The van der Waals surface area contributed by atoms with Gasteiger partial charge in [-0.1, -0.05) is 17.4 Å². The van der Waals surface area contributed by atoms with Gasteiger partial charge in [0.1, 0.15) is 11.6 Å². The van der Waals surface area contributed by atoms with E-state index in [-0.39, 0.29) is 9.70 Å². The van der Waals surface area contributed by atoms with Gasteiger partial charge in [-0.2, -0.15) is 8.42 Å². The molecular weight excluding hydrogens is 354 g/mol. The first-order valence-electron chi connectivity index (χ1n) is 6.87. The van der Waals surface area contributed by atoms with E-state index in [9.17, 15) is 17.2 Å². The van der Waals surface area contributed by atoms with Crippen molar-refractivity contribution in [1.29, 1.82) is 0 Å². The fourth-order valence-electron chi connectivity index (χ4n) is 2.18. The molecule has 3 aromatic rings. The fourth-order valence-corrected chi connectivity index (χ4v) is 4.45. The highest BCUT2D eigenvalue weighted by Crippen LogP contribution is 2.20. The number of benzene rings is 2. The van der Waals surface area contributed by atoms with Crippen molar-refractivity contribution in [2.45, 2.75) is 11.4 Å². The van der Waals surface area contributed by atoms with Gasteiger partial charge in [0.05, 0.1) is 15.1 Å². The first kappa shape index (κ1) is 16.5. The third-order valence-corrected chi connectivity index (χ3v) is 5.70. The Kier molecular flexibility index (Phi) is 4.33. The maximum absolute atomic E-state index is 13.4. The van der Waals surface area contributed by atoms with E-state index < -0.39 is 21.7 Å². The van der Waals surface area contributed by atoms with Gasteiger partial charge in [0.15, 0.2) is 0 Å². The van der Waals surface area contributed by atoms with Crippen LogP contribution in [0.1, 0.15) is 0 Å². The molecular formula is C16H12F2N2O2S2. The van der Waals surface area contributed by atoms with Crippen molar-refractivity contribution < 1.29 is 17.2 Å². The average Bonchev–Trinajstić information content (AvgIpc) is 2.84. The Morgan fingerprint density at radius 2 is 1.79 bits per heavy atom. The van der Waals surface area contributed by atoms with Crippen molar-refractivity contribution in [3.8, 4) is 0 Å². The Morgan fingerprint density at radius 1 is 1.12 bits per heavy atom. The highest BCUT2D eigenvalue weighted by molar-refractivity contribution is 7.90. The number of aromatic nitrogens is 1.